The van der Waals surface area contributed by atoms with Gasteiger partial charge in [-0.2, -0.15) is 0 Å². The molecule has 3 heterocycles. The number of esters is 1. The number of carbonyl (C=O) groups is 1. The van der Waals surface area contributed by atoms with Crippen LogP contribution in [0.1, 0.15) is 27.1 Å². The van der Waals surface area contributed by atoms with Gasteiger partial charge in [-0.05, 0) is 42.5 Å². The highest BCUT2D eigenvalue weighted by atomic mass is 32.1. The molecule has 0 amide bonds. The minimum Gasteiger partial charge on any atom is -0.401 e. The van der Waals surface area contributed by atoms with E-state index in [0.717, 1.165) is 16.2 Å². The van der Waals surface area contributed by atoms with Gasteiger partial charge in [0, 0.05) is 9.75 Å². The van der Waals surface area contributed by atoms with Crippen molar-refractivity contribution in [2.45, 2.75) is 20.3 Å². The molecule has 0 aliphatic carbocycles. The Morgan fingerprint density at radius 2 is 2.30 bits per heavy atom. The number of rotatable bonds is 3. The number of carbonyl (C=O) groups excluding carboxylic acids is 1. The van der Waals surface area contributed by atoms with Gasteiger partial charge in [0.1, 0.15) is 0 Å². The van der Waals surface area contributed by atoms with Gasteiger partial charge >= 0.3 is 5.97 Å². The van der Waals surface area contributed by atoms with Crippen LogP contribution in [0.3, 0.4) is 0 Å². The van der Waals surface area contributed by atoms with Crippen molar-refractivity contribution in [1.82, 2.24) is 0 Å². The predicted molar refractivity (Wildman–Crippen MR) is 83.4 cm³/mol. The highest BCUT2D eigenvalue weighted by Crippen LogP contribution is 2.27. The highest BCUT2D eigenvalue weighted by Gasteiger charge is 2.25. The second-order valence-electron chi connectivity index (χ2n) is 4.42. The van der Waals surface area contributed by atoms with Gasteiger partial charge in [-0.25, -0.2) is 9.79 Å². The number of nitrogens with zero attached hydrogens (tertiary/aromatic N) is 1. The number of cyclic esters (lactones) is 1. The Kier molecular flexibility index (Phi) is 3.54. The molecule has 0 unspecified atom stereocenters. The second-order valence-corrected chi connectivity index (χ2v) is 6.54. The maximum absolute atomic E-state index is 11.8. The monoisotopic (exact) mass is 303 g/mol. The molecule has 0 atom stereocenters. The number of aryl methyl sites for hydroxylation is 2. The van der Waals surface area contributed by atoms with E-state index in [1.807, 2.05) is 23.6 Å². The minimum absolute atomic E-state index is 0.367. The van der Waals surface area contributed by atoms with Crippen LogP contribution < -0.4 is 0 Å². The number of hydrogen-bond donors (Lipinski definition) is 0. The summed E-state index contributed by atoms with van der Waals surface area (Å²) in [5.41, 5.74) is 1.59. The fourth-order valence-corrected chi connectivity index (χ4v) is 3.69. The summed E-state index contributed by atoms with van der Waals surface area (Å²) < 4.78 is 5.28. The maximum atomic E-state index is 11.8. The van der Waals surface area contributed by atoms with Crippen LogP contribution in [0.15, 0.2) is 34.3 Å². The fraction of sp³-hybridized carbons (Fsp3) is 0.200. The first-order chi connectivity index (χ1) is 9.67. The zero-order valence-electron chi connectivity index (χ0n) is 11.2. The molecule has 0 fully saturated rings. The lowest BCUT2D eigenvalue weighted by molar-refractivity contribution is -0.129. The van der Waals surface area contributed by atoms with Crippen LogP contribution in [-0.2, 0) is 16.0 Å². The van der Waals surface area contributed by atoms with Crippen LogP contribution in [0.2, 0.25) is 0 Å². The molecule has 0 radical (unpaired) electrons. The first-order valence-corrected chi connectivity index (χ1v) is 8.02. The van der Waals surface area contributed by atoms with Crippen molar-refractivity contribution in [3.8, 4) is 0 Å². The molecule has 2 aromatic rings. The van der Waals surface area contributed by atoms with Gasteiger partial charge in [0.15, 0.2) is 5.70 Å². The molecule has 3 nitrogen and oxygen atoms in total. The smallest absolute Gasteiger partial charge is 0.363 e. The van der Waals surface area contributed by atoms with Crippen LogP contribution >= 0.6 is 22.7 Å². The Labute approximate surface area is 125 Å². The summed E-state index contributed by atoms with van der Waals surface area (Å²) in [5, 5.41) is 1.97. The lowest BCUT2D eigenvalue weighted by Crippen LogP contribution is -2.03. The van der Waals surface area contributed by atoms with E-state index in [4.69, 9.17) is 4.74 Å². The second kappa shape index (κ2) is 5.34. The van der Waals surface area contributed by atoms with Gasteiger partial charge in [0.05, 0.1) is 4.88 Å². The molecule has 0 saturated carbocycles. The average molecular weight is 303 g/mol. The minimum atomic E-state index is -0.377. The molecule has 20 heavy (non-hydrogen) atoms. The molecule has 0 spiro atoms. The summed E-state index contributed by atoms with van der Waals surface area (Å²) in [5.74, 6) is 0.0445. The molecule has 1 aliphatic heterocycles. The summed E-state index contributed by atoms with van der Waals surface area (Å²) in [6.07, 6.45) is 2.75. The van der Waals surface area contributed by atoms with Gasteiger partial charge in [-0.15, -0.1) is 22.7 Å². The third-order valence-corrected chi connectivity index (χ3v) is 5.18. The third-order valence-electron chi connectivity index (χ3n) is 3.00. The first kappa shape index (κ1) is 13.3. The van der Waals surface area contributed by atoms with Crippen molar-refractivity contribution in [2.75, 3.05) is 0 Å². The predicted octanol–water partition coefficient (Wildman–Crippen LogP) is 4.02. The number of hydrogen-bond acceptors (Lipinski definition) is 5. The third kappa shape index (κ3) is 2.46. The lowest BCUT2D eigenvalue weighted by atomic mass is 10.2. The number of thiophene rings is 2. The Balaban J connectivity index is 1.93. The molecule has 0 aromatic carbocycles. The van der Waals surface area contributed by atoms with Crippen LogP contribution in [0.5, 0.6) is 0 Å². The Morgan fingerprint density at radius 1 is 1.45 bits per heavy atom. The SMILES string of the molecule is CCc1sc(C2=N/C(=C/c3cccs3)C(=O)O2)cc1C. The molecule has 0 bridgehead atoms. The van der Waals surface area contributed by atoms with Crippen molar-refractivity contribution >= 4 is 40.6 Å². The molecule has 102 valence electrons. The first-order valence-electron chi connectivity index (χ1n) is 6.33. The van der Waals surface area contributed by atoms with E-state index >= 15 is 0 Å². The van der Waals surface area contributed by atoms with Crippen molar-refractivity contribution in [3.05, 3.63) is 49.5 Å². The lowest BCUT2D eigenvalue weighted by Gasteiger charge is -1.93. The van der Waals surface area contributed by atoms with E-state index in [1.54, 1.807) is 28.7 Å². The molecule has 5 heteroatoms. The highest BCUT2D eigenvalue weighted by molar-refractivity contribution is 7.14. The molecule has 0 N–H and O–H groups in total. The topological polar surface area (TPSA) is 38.7 Å². The molecule has 2 aromatic heterocycles. The molecular weight excluding hydrogens is 290 g/mol. The van der Waals surface area contributed by atoms with Gasteiger partial charge in [-0.1, -0.05) is 13.0 Å². The zero-order valence-corrected chi connectivity index (χ0v) is 12.8. The Morgan fingerprint density at radius 3 is 2.95 bits per heavy atom. The number of aliphatic imine (C=N–C) groups is 1. The summed E-state index contributed by atoms with van der Waals surface area (Å²) in [6, 6.07) is 5.92. The maximum Gasteiger partial charge on any atom is 0.363 e. The van der Waals surface area contributed by atoms with Crippen LogP contribution in [0.4, 0.5) is 0 Å². The number of ether oxygens (including phenoxy) is 1. The fourth-order valence-electron chi connectivity index (χ4n) is 2.00. The quantitative estimate of drug-likeness (QED) is 0.634. The van der Waals surface area contributed by atoms with Crippen molar-refractivity contribution in [1.29, 1.82) is 0 Å². The molecular formula is C15H13NO2S2. The van der Waals surface area contributed by atoms with E-state index in [2.05, 4.69) is 18.8 Å². The molecule has 1 aliphatic rings. The Bertz CT molecular complexity index is 708. The van der Waals surface area contributed by atoms with Gasteiger partial charge in [0.25, 0.3) is 0 Å². The van der Waals surface area contributed by atoms with Crippen LogP contribution in [0.25, 0.3) is 6.08 Å². The average Bonchev–Trinajstić information content (AvgIpc) is 3.12. The van der Waals surface area contributed by atoms with Crippen LogP contribution in [0, 0.1) is 6.92 Å². The van der Waals surface area contributed by atoms with Gasteiger partial charge < -0.3 is 4.74 Å². The summed E-state index contributed by atoms with van der Waals surface area (Å²) >= 11 is 3.20. The summed E-state index contributed by atoms with van der Waals surface area (Å²) in [4.78, 5) is 19.4. The Hall–Kier alpha value is -1.72. The van der Waals surface area contributed by atoms with Gasteiger partial charge in [0.2, 0.25) is 5.90 Å². The van der Waals surface area contributed by atoms with Crippen molar-refractivity contribution in [3.63, 3.8) is 0 Å². The standard InChI is InChI=1S/C15H13NO2S2/c1-3-12-9(2)7-13(20-12)14-16-11(15(17)18-14)8-10-5-4-6-19-10/h4-8H,3H2,1-2H3/b11-8+. The van der Waals surface area contributed by atoms with E-state index < -0.39 is 0 Å². The van der Waals surface area contributed by atoms with Crippen LogP contribution in [-0.4, -0.2) is 11.9 Å². The normalized spacial score (nSPS) is 16.6. The van der Waals surface area contributed by atoms with Crippen molar-refractivity contribution < 1.29 is 9.53 Å². The van der Waals surface area contributed by atoms with E-state index in [-0.39, 0.29) is 5.97 Å². The summed E-state index contributed by atoms with van der Waals surface area (Å²) in [7, 11) is 0. The molecule has 3 rings (SSSR count). The van der Waals surface area contributed by atoms with E-state index in [1.165, 1.54) is 10.4 Å². The molecule has 0 saturated heterocycles. The van der Waals surface area contributed by atoms with Gasteiger partial charge in [-0.3, -0.25) is 0 Å². The largest absolute Gasteiger partial charge is 0.401 e. The van der Waals surface area contributed by atoms with E-state index in [9.17, 15) is 4.79 Å². The van der Waals surface area contributed by atoms with Crippen molar-refractivity contribution in [2.24, 2.45) is 4.99 Å². The van der Waals surface area contributed by atoms with E-state index in [0.29, 0.717) is 11.6 Å². The summed E-state index contributed by atoms with van der Waals surface area (Å²) in [6.45, 7) is 4.19. The zero-order chi connectivity index (χ0) is 14.1.